The molecule has 1 rings (SSSR count). The van der Waals surface area contributed by atoms with Gasteiger partial charge in [-0.1, -0.05) is 18.2 Å². The average Bonchev–Trinajstić information content (AvgIpc) is 2.03. The van der Waals surface area contributed by atoms with E-state index in [-0.39, 0.29) is 17.1 Å². The van der Waals surface area contributed by atoms with E-state index < -0.39 is 6.04 Å². The minimum atomic E-state index is -0.700. The number of hydrogen-bond donors (Lipinski definition) is 0. The number of allylic oxidation sites excluding steroid dienone is 2. The molecule has 0 spiro atoms. The van der Waals surface area contributed by atoms with Crippen molar-refractivity contribution in [3.63, 3.8) is 0 Å². The fourth-order valence-electron chi connectivity index (χ4n) is 1.35. The van der Waals surface area contributed by atoms with Crippen molar-refractivity contribution in [3.05, 3.63) is 33.9 Å². The summed E-state index contributed by atoms with van der Waals surface area (Å²) in [7, 11) is 0. The smallest absolute Gasteiger partial charge is 0.238 e. The third-order valence-electron chi connectivity index (χ3n) is 1.94. The van der Waals surface area contributed by atoms with E-state index in [2.05, 4.69) is 0 Å². The number of carbonyl (C=O) groups excluding carboxylic acids is 1. The lowest BCUT2D eigenvalue weighted by molar-refractivity contribution is -0.511. The van der Waals surface area contributed by atoms with Crippen molar-refractivity contribution in [2.45, 2.75) is 25.8 Å². The minimum Gasteiger partial charge on any atom is -0.300 e. The second-order valence-electron chi connectivity index (χ2n) is 3.09. The molecule has 4 nitrogen and oxygen atoms in total. The molecule has 1 atom stereocenters. The monoisotopic (exact) mass is 181 g/mol. The molecule has 0 aromatic heterocycles. The molecular formula is C9H11NO3. The molecule has 0 N–H and O–H groups in total. The van der Waals surface area contributed by atoms with Gasteiger partial charge in [-0.15, -0.1) is 0 Å². The van der Waals surface area contributed by atoms with Crippen molar-refractivity contribution in [1.82, 2.24) is 0 Å². The van der Waals surface area contributed by atoms with Crippen LogP contribution < -0.4 is 0 Å². The van der Waals surface area contributed by atoms with Crippen LogP contribution in [0.4, 0.5) is 0 Å². The maximum absolute atomic E-state index is 10.8. The van der Waals surface area contributed by atoms with Crippen LogP contribution in [0.15, 0.2) is 23.8 Å². The van der Waals surface area contributed by atoms with E-state index in [0.717, 1.165) is 0 Å². The van der Waals surface area contributed by atoms with Crippen LogP contribution in [0.5, 0.6) is 0 Å². The summed E-state index contributed by atoms with van der Waals surface area (Å²) in [6.07, 6.45) is 5.76. The van der Waals surface area contributed by atoms with Crippen LogP contribution in [0.25, 0.3) is 0 Å². The Morgan fingerprint density at radius 3 is 3.00 bits per heavy atom. The lowest BCUT2D eigenvalue weighted by Gasteiger charge is -2.12. The Morgan fingerprint density at radius 2 is 2.46 bits per heavy atom. The lowest BCUT2D eigenvalue weighted by atomic mass is 9.95. The predicted octanol–water partition coefficient (Wildman–Crippen LogP) is 1.50. The molecule has 1 unspecified atom stereocenters. The van der Waals surface area contributed by atoms with E-state index >= 15 is 0 Å². The second-order valence-corrected chi connectivity index (χ2v) is 3.09. The largest absolute Gasteiger partial charge is 0.300 e. The van der Waals surface area contributed by atoms with Gasteiger partial charge < -0.3 is 0 Å². The normalized spacial score (nSPS) is 21.0. The van der Waals surface area contributed by atoms with Crippen molar-refractivity contribution in [2.75, 3.05) is 0 Å². The molecule has 0 fully saturated rings. The summed E-state index contributed by atoms with van der Waals surface area (Å²) in [6, 6.07) is -0.700. The fourth-order valence-corrected chi connectivity index (χ4v) is 1.35. The van der Waals surface area contributed by atoms with Gasteiger partial charge in [-0.05, 0) is 6.92 Å². The topological polar surface area (TPSA) is 60.2 Å². The molecule has 0 bridgehead atoms. The first-order valence-corrected chi connectivity index (χ1v) is 4.10. The van der Waals surface area contributed by atoms with Crippen molar-refractivity contribution in [1.29, 1.82) is 0 Å². The predicted molar refractivity (Wildman–Crippen MR) is 47.9 cm³/mol. The summed E-state index contributed by atoms with van der Waals surface area (Å²) < 4.78 is 0. The Bertz CT molecular complexity index is 291. The van der Waals surface area contributed by atoms with Gasteiger partial charge in [0.15, 0.2) is 0 Å². The van der Waals surface area contributed by atoms with Crippen LogP contribution in [0.2, 0.25) is 0 Å². The SMILES string of the molecule is CC(=O)CC1=CC=CCC1[N+](=O)[O-]. The molecule has 0 saturated heterocycles. The third-order valence-corrected chi connectivity index (χ3v) is 1.94. The van der Waals surface area contributed by atoms with Gasteiger partial charge in [-0.3, -0.25) is 14.9 Å². The molecule has 1 aliphatic rings. The van der Waals surface area contributed by atoms with Crippen LogP contribution in [0.1, 0.15) is 19.8 Å². The van der Waals surface area contributed by atoms with Gasteiger partial charge in [0.05, 0.1) is 0 Å². The van der Waals surface area contributed by atoms with Crippen LogP contribution in [-0.4, -0.2) is 16.7 Å². The molecule has 1 aliphatic carbocycles. The first-order chi connectivity index (χ1) is 6.11. The number of carbonyl (C=O) groups is 1. The zero-order chi connectivity index (χ0) is 9.84. The van der Waals surface area contributed by atoms with E-state index in [4.69, 9.17) is 0 Å². The lowest BCUT2D eigenvalue weighted by Crippen LogP contribution is -2.23. The highest BCUT2D eigenvalue weighted by molar-refractivity contribution is 5.78. The fraction of sp³-hybridized carbons (Fsp3) is 0.444. The number of hydrogen-bond acceptors (Lipinski definition) is 3. The van der Waals surface area contributed by atoms with E-state index in [1.165, 1.54) is 6.92 Å². The van der Waals surface area contributed by atoms with Crippen LogP contribution in [0.3, 0.4) is 0 Å². The van der Waals surface area contributed by atoms with Gasteiger partial charge in [0.1, 0.15) is 5.78 Å². The second kappa shape index (κ2) is 3.98. The Kier molecular flexibility index (Phi) is 2.95. The van der Waals surface area contributed by atoms with E-state index in [1.54, 1.807) is 18.2 Å². The van der Waals surface area contributed by atoms with Crippen molar-refractivity contribution in [3.8, 4) is 0 Å². The number of Topliss-reactive ketones (excluding diaryl/α,β-unsaturated/α-hetero) is 1. The molecule has 0 saturated carbocycles. The summed E-state index contributed by atoms with van der Waals surface area (Å²) in [5.74, 6) is -0.0339. The highest BCUT2D eigenvalue weighted by Crippen LogP contribution is 2.19. The van der Waals surface area contributed by atoms with E-state index in [0.29, 0.717) is 12.0 Å². The molecule has 0 aromatic rings. The molecule has 4 heteroatoms. The van der Waals surface area contributed by atoms with E-state index in [1.807, 2.05) is 0 Å². The number of nitro groups is 1. The summed E-state index contributed by atoms with van der Waals surface area (Å²) in [6.45, 7) is 1.44. The summed E-state index contributed by atoms with van der Waals surface area (Å²) in [4.78, 5) is 21.0. The number of nitrogens with zero attached hydrogens (tertiary/aromatic N) is 1. The van der Waals surface area contributed by atoms with Gasteiger partial charge in [0, 0.05) is 23.3 Å². The number of ketones is 1. The molecule has 70 valence electrons. The van der Waals surface area contributed by atoms with E-state index in [9.17, 15) is 14.9 Å². The van der Waals surface area contributed by atoms with Gasteiger partial charge in [0.2, 0.25) is 6.04 Å². The summed E-state index contributed by atoms with van der Waals surface area (Å²) in [5.41, 5.74) is 0.611. The summed E-state index contributed by atoms with van der Waals surface area (Å²) >= 11 is 0. The van der Waals surface area contributed by atoms with Gasteiger partial charge in [-0.2, -0.15) is 0 Å². The maximum Gasteiger partial charge on any atom is 0.238 e. The summed E-state index contributed by atoms with van der Waals surface area (Å²) in [5, 5.41) is 10.6. The molecule has 0 heterocycles. The maximum atomic E-state index is 10.8. The Labute approximate surface area is 76.1 Å². The molecule has 0 aliphatic heterocycles. The average molecular weight is 181 g/mol. The Hall–Kier alpha value is -1.45. The molecule has 0 aromatic carbocycles. The molecular weight excluding hydrogens is 170 g/mol. The third kappa shape index (κ3) is 2.50. The van der Waals surface area contributed by atoms with Crippen molar-refractivity contribution in [2.24, 2.45) is 0 Å². The van der Waals surface area contributed by atoms with Crippen LogP contribution in [0, 0.1) is 10.1 Å². The van der Waals surface area contributed by atoms with Crippen molar-refractivity contribution < 1.29 is 9.72 Å². The molecule has 13 heavy (non-hydrogen) atoms. The zero-order valence-electron chi connectivity index (χ0n) is 7.40. The quantitative estimate of drug-likeness (QED) is 0.489. The zero-order valence-corrected chi connectivity index (χ0v) is 7.40. The first-order valence-electron chi connectivity index (χ1n) is 4.10. The standard InChI is InChI=1S/C9H11NO3/c1-7(11)6-8-4-2-3-5-9(8)10(12)13/h2-4,9H,5-6H2,1H3. The van der Waals surface area contributed by atoms with Crippen molar-refractivity contribution >= 4 is 5.78 Å². The first kappa shape index (κ1) is 9.64. The van der Waals surface area contributed by atoms with Gasteiger partial charge in [0.25, 0.3) is 0 Å². The van der Waals surface area contributed by atoms with Crippen LogP contribution >= 0.6 is 0 Å². The molecule has 0 radical (unpaired) electrons. The highest BCUT2D eigenvalue weighted by atomic mass is 16.6. The Morgan fingerprint density at radius 1 is 1.77 bits per heavy atom. The van der Waals surface area contributed by atoms with Gasteiger partial charge >= 0.3 is 0 Å². The van der Waals surface area contributed by atoms with Gasteiger partial charge in [-0.25, -0.2) is 0 Å². The van der Waals surface area contributed by atoms with Crippen LogP contribution in [-0.2, 0) is 4.79 Å². The minimum absolute atomic E-state index is 0.0339. The molecule has 0 amide bonds. The number of rotatable bonds is 3. The highest BCUT2D eigenvalue weighted by Gasteiger charge is 2.25. The Balaban J connectivity index is 2.76.